The monoisotopic (exact) mass is 404 g/mol. The molecule has 166 valence electrons. The Hall–Kier alpha value is -0.370. The van der Waals surface area contributed by atoms with Crippen molar-refractivity contribution in [3.8, 4) is 0 Å². The van der Waals surface area contributed by atoms with Crippen LogP contribution in [0.1, 0.15) is 98.8 Å². The van der Waals surface area contributed by atoms with Crippen molar-refractivity contribution in [2.24, 2.45) is 46.3 Å². The van der Waals surface area contributed by atoms with Gasteiger partial charge in [0.25, 0.3) is 0 Å². The fourth-order valence-corrected chi connectivity index (χ4v) is 8.68. The minimum atomic E-state index is -0.607. The van der Waals surface area contributed by atoms with Gasteiger partial charge < -0.3 is 5.11 Å². The van der Waals surface area contributed by atoms with E-state index in [4.69, 9.17) is 0 Å². The smallest absolute Gasteiger partial charge is 0.104 e. The maximum absolute atomic E-state index is 15.6. The lowest BCUT2D eigenvalue weighted by Crippen LogP contribution is -2.51. The third kappa shape index (κ3) is 3.64. The highest BCUT2D eigenvalue weighted by Gasteiger charge is 2.62. The van der Waals surface area contributed by atoms with E-state index in [9.17, 15) is 5.11 Å². The number of allylic oxidation sites excluding steroid dienone is 1. The quantitative estimate of drug-likeness (QED) is 0.475. The molecule has 1 nitrogen and oxygen atoms in total. The van der Waals surface area contributed by atoms with E-state index in [-0.39, 0.29) is 22.9 Å². The Kier molecular flexibility index (Phi) is 5.99. The molecular weight excluding hydrogens is 359 g/mol. The number of hydrogen-bond donors (Lipinski definition) is 1. The average molecular weight is 405 g/mol. The van der Waals surface area contributed by atoms with Crippen LogP contribution < -0.4 is 0 Å². The van der Waals surface area contributed by atoms with E-state index in [2.05, 4.69) is 40.7 Å². The number of alkyl halides is 1. The van der Waals surface area contributed by atoms with Gasteiger partial charge in [0.15, 0.2) is 0 Å². The van der Waals surface area contributed by atoms with E-state index in [0.29, 0.717) is 23.7 Å². The van der Waals surface area contributed by atoms with Gasteiger partial charge in [-0.05, 0) is 91.3 Å². The summed E-state index contributed by atoms with van der Waals surface area (Å²) in [6.45, 7) is 11.9. The Morgan fingerprint density at radius 3 is 2.59 bits per heavy atom. The number of aliphatic hydroxyl groups excluding tert-OH is 1. The molecule has 0 amide bonds. The number of hydrogen-bond acceptors (Lipinski definition) is 1. The first-order chi connectivity index (χ1) is 13.7. The Balaban J connectivity index is 1.53. The Bertz CT molecular complexity index is 626. The zero-order valence-electron chi connectivity index (χ0n) is 19.6. The second-order valence-corrected chi connectivity index (χ2v) is 12.3. The summed E-state index contributed by atoms with van der Waals surface area (Å²) < 4.78 is 15.6. The number of aliphatic hydroxyl groups is 1. The van der Waals surface area contributed by atoms with Crippen LogP contribution in [0.2, 0.25) is 0 Å². The number of halogens is 1. The van der Waals surface area contributed by atoms with Crippen molar-refractivity contribution >= 4 is 0 Å². The molecule has 0 heterocycles. The number of rotatable bonds is 5. The van der Waals surface area contributed by atoms with Crippen molar-refractivity contribution in [1.82, 2.24) is 0 Å². The van der Waals surface area contributed by atoms with Gasteiger partial charge in [0.2, 0.25) is 0 Å². The van der Waals surface area contributed by atoms with E-state index in [1.54, 1.807) is 0 Å². The molecule has 0 aliphatic heterocycles. The Morgan fingerprint density at radius 2 is 1.86 bits per heavy atom. The minimum absolute atomic E-state index is 0.141. The fourth-order valence-electron chi connectivity index (χ4n) is 8.68. The molecule has 4 aliphatic carbocycles. The second-order valence-electron chi connectivity index (χ2n) is 12.3. The standard InChI is InChI=1S/C27H45FO/c1-17(2)7-6-8-18(3)25-24(28)16-23-21-10-9-19-15-20(29)11-13-26(19,4)22(21)12-14-27(23,25)5/h9,17-18,20-25,29H,6-8,10-16H2,1-5H3/t18-,20+,21-,22+,23+,24?,25+,26+,27+/m1/s1. The van der Waals surface area contributed by atoms with Crippen LogP contribution in [0.5, 0.6) is 0 Å². The summed E-state index contributed by atoms with van der Waals surface area (Å²) >= 11 is 0. The molecule has 0 radical (unpaired) electrons. The van der Waals surface area contributed by atoms with E-state index in [1.165, 1.54) is 37.7 Å². The first-order valence-corrected chi connectivity index (χ1v) is 12.7. The SMILES string of the molecule is CC(C)CCC[C@@H](C)[C@H]1C(F)C[C@H]2[C@@H]3CC=C4C[C@@H](O)CC[C@]4(C)[C@H]3CC[C@]12C. The van der Waals surface area contributed by atoms with Gasteiger partial charge in [0.05, 0.1) is 6.10 Å². The maximum atomic E-state index is 15.6. The van der Waals surface area contributed by atoms with E-state index in [0.717, 1.165) is 38.0 Å². The van der Waals surface area contributed by atoms with Gasteiger partial charge in [-0.25, -0.2) is 4.39 Å². The molecule has 2 heteroatoms. The highest BCUT2D eigenvalue weighted by atomic mass is 19.1. The topological polar surface area (TPSA) is 20.2 Å². The van der Waals surface area contributed by atoms with Gasteiger partial charge in [0, 0.05) is 0 Å². The van der Waals surface area contributed by atoms with Crippen LogP contribution in [-0.2, 0) is 0 Å². The average Bonchev–Trinajstić information content (AvgIpc) is 2.92. The summed E-state index contributed by atoms with van der Waals surface area (Å²) in [6.07, 6.45) is 12.8. The predicted molar refractivity (Wildman–Crippen MR) is 119 cm³/mol. The van der Waals surface area contributed by atoms with Gasteiger partial charge in [-0.2, -0.15) is 0 Å². The molecule has 0 saturated heterocycles. The summed E-state index contributed by atoms with van der Waals surface area (Å²) in [7, 11) is 0. The molecular formula is C27H45FO. The van der Waals surface area contributed by atoms with Gasteiger partial charge in [-0.15, -0.1) is 0 Å². The van der Waals surface area contributed by atoms with Gasteiger partial charge >= 0.3 is 0 Å². The Morgan fingerprint density at radius 1 is 1.10 bits per heavy atom. The molecule has 3 fully saturated rings. The first kappa shape index (κ1) is 21.8. The lowest BCUT2D eigenvalue weighted by atomic mass is 9.47. The molecule has 0 aromatic heterocycles. The predicted octanol–water partition coefficient (Wildman–Crippen LogP) is 7.34. The van der Waals surface area contributed by atoms with Crippen LogP contribution in [0.25, 0.3) is 0 Å². The molecule has 29 heavy (non-hydrogen) atoms. The second kappa shape index (κ2) is 7.95. The van der Waals surface area contributed by atoms with Crippen molar-refractivity contribution in [3.63, 3.8) is 0 Å². The van der Waals surface area contributed by atoms with Crippen molar-refractivity contribution in [3.05, 3.63) is 11.6 Å². The molecule has 4 aliphatic rings. The van der Waals surface area contributed by atoms with Crippen molar-refractivity contribution in [2.45, 2.75) is 111 Å². The molecule has 0 aromatic carbocycles. The molecule has 9 atom stereocenters. The van der Waals surface area contributed by atoms with Gasteiger partial charge in [-0.3, -0.25) is 0 Å². The zero-order valence-corrected chi connectivity index (χ0v) is 19.6. The third-order valence-corrected chi connectivity index (χ3v) is 10.2. The maximum Gasteiger partial charge on any atom is 0.104 e. The van der Waals surface area contributed by atoms with Crippen LogP contribution in [0.4, 0.5) is 4.39 Å². The molecule has 4 rings (SSSR count). The van der Waals surface area contributed by atoms with Crippen molar-refractivity contribution in [2.75, 3.05) is 0 Å². The van der Waals surface area contributed by atoms with Crippen LogP contribution in [0.15, 0.2) is 11.6 Å². The summed E-state index contributed by atoms with van der Waals surface area (Å²) in [5.41, 5.74) is 1.97. The lowest BCUT2D eigenvalue weighted by molar-refractivity contribution is -0.0595. The van der Waals surface area contributed by atoms with E-state index >= 15 is 4.39 Å². The van der Waals surface area contributed by atoms with Crippen molar-refractivity contribution in [1.29, 1.82) is 0 Å². The van der Waals surface area contributed by atoms with Crippen LogP contribution in [-0.4, -0.2) is 17.4 Å². The molecule has 0 aromatic rings. The zero-order chi connectivity index (χ0) is 21.0. The molecule has 0 bridgehead atoms. The Labute approximate surface area is 178 Å². The normalized spacial score (nSPS) is 47.9. The molecule has 1 unspecified atom stereocenters. The van der Waals surface area contributed by atoms with Crippen LogP contribution in [0, 0.1) is 46.3 Å². The van der Waals surface area contributed by atoms with Gasteiger partial charge in [0.1, 0.15) is 6.17 Å². The number of fused-ring (bicyclic) bond motifs is 5. The lowest BCUT2D eigenvalue weighted by Gasteiger charge is -2.58. The van der Waals surface area contributed by atoms with E-state index in [1.807, 2.05) is 0 Å². The van der Waals surface area contributed by atoms with Crippen LogP contribution in [0.3, 0.4) is 0 Å². The fraction of sp³-hybridized carbons (Fsp3) is 0.926. The minimum Gasteiger partial charge on any atom is -0.393 e. The highest BCUT2D eigenvalue weighted by molar-refractivity contribution is 5.25. The summed E-state index contributed by atoms with van der Waals surface area (Å²) in [5, 5.41) is 10.2. The largest absolute Gasteiger partial charge is 0.393 e. The summed E-state index contributed by atoms with van der Waals surface area (Å²) in [6, 6.07) is 0. The third-order valence-electron chi connectivity index (χ3n) is 10.2. The van der Waals surface area contributed by atoms with Crippen LogP contribution >= 0.6 is 0 Å². The highest BCUT2D eigenvalue weighted by Crippen LogP contribution is 2.67. The summed E-state index contributed by atoms with van der Waals surface area (Å²) in [4.78, 5) is 0. The van der Waals surface area contributed by atoms with E-state index < -0.39 is 6.17 Å². The van der Waals surface area contributed by atoms with Gasteiger partial charge in [-0.1, -0.05) is 65.5 Å². The van der Waals surface area contributed by atoms with Crippen molar-refractivity contribution < 1.29 is 9.50 Å². The molecule has 0 spiro atoms. The molecule has 3 saturated carbocycles. The first-order valence-electron chi connectivity index (χ1n) is 12.7. The summed E-state index contributed by atoms with van der Waals surface area (Å²) in [5.74, 6) is 3.43. The molecule has 1 N–H and O–H groups in total.